The van der Waals surface area contributed by atoms with Gasteiger partial charge in [0.25, 0.3) is 0 Å². The summed E-state index contributed by atoms with van der Waals surface area (Å²) in [6, 6.07) is -4.22. The lowest BCUT2D eigenvalue weighted by Gasteiger charge is -2.23. The number of aliphatic hydroxyl groups is 1. The lowest BCUT2D eigenvalue weighted by atomic mass is 10.1. The fourth-order valence-corrected chi connectivity index (χ4v) is 2.24. The number of hydrogen-bond donors (Lipinski definition) is 6. The predicted octanol–water partition coefficient (Wildman–Crippen LogP) is -1.97. The van der Waals surface area contributed by atoms with Crippen LogP contribution in [0.2, 0.25) is 0 Å². The second-order valence-corrected chi connectivity index (χ2v) is 6.89. The lowest BCUT2D eigenvalue weighted by Crippen LogP contribution is -2.57. The molecule has 5 unspecified atom stereocenters. The Hall–Kier alpha value is -1.85. The second-order valence-electron chi connectivity index (χ2n) is 5.91. The number of carbonyl (C=O) groups is 4. The molecule has 3 amide bonds. The van der Waals surface area contributed by atoms with Crippen molar-refractivity contribution in [1.29, 1.82) is 0 Å². The van der Waals surface area contributed by atoms with E-state index in [0.717, 1.165) is 0 Å². The van der Waals surface area contributed by atoms with Gasteiger partial charge in [-0.1, -0.05) is 0 Å². The first kappa shape index (κ1) is 24.1. The fourth-order valence-electron chi connectivity index (χ4n) is 1.77. The number of nitrogens with one attached hydrogen (secondary N) is 3. The predicted molar refractivity (Wildman–Crippen MR) is 97.4 cm³/mol. The molecule has 11 heteroatoms. The minimum absolute atomic E-state index is 0.291. The van der Waals surface area contributed by atoms with E-state index in [9.17, 15) is 24.3 Å². The number of nitrogens with two attached hydrogens (primary N) is 1. The standard InChI is InChI=1S/C15H28N4O6S/c1-7(17-14(23)11(16)9(3)20)12(21)19-10(5-6-26-4)13(22)18-8(2)15(24)25/h7-11,20H,5-6,16H2,1-4H3,(H,17,23)(H,18,22)(H,19,21)(H,24,25). The minimum Gasteiger partial charge on any atom is -0.480 e. The first-order valence-electron chi connectivity index (χ1n) is 8.07. The summed E-state index contributed by atoms with van der Waals surface area (Å²) in [6.45, 7) is 4.07. The van der Waals surface area contributed by atoms with Crippen LogP contribution in [0.15, 0.2) is 0 Å². The topological polar surface area (TPSA) is 171 Å². The van der Waals surface area contributed by atoms with Crippen molar-refractivity contribution in [1.82, 2.24) is 16.0 Å². The third-order valence-electron chi connectivity index (χ3n) is 3.55. The van der Waals surface area contributed by atoms with Gasteiger partial charge in [-0.05, 0) is 39.2 Å². The summed E-state index contributed by atoms with van der Waals surface area (Å²) in [5, 5.41) is 25.3. The number of rotatable bonds is 11. The summed E-state index contributed by atoms with van der Waals surface area (Å²) in [7, 11) is 0. The van der Waals surface area contributed by atoms with Crippen molar-refractivity contribution < 1.29 is 29.4 Å². The number of hydrogen-bond acceptors (Lipinski definition) is 7. The van der Waals surface area contributed by atoms with E-state index in [1.807, 2.05) is 6.26 Å². The normalized spacial score (nSPS) is 16.5. The summed E-state index contributed by atoms with van der Waals surface area (Å²) >= 11 is 1.46. The van der Waals surface area contributed by atoms with E-state index in [1.165, 1.54) is 32.5 Å². The molecule has 0 saturated heterocycles. The molecule has 0 aromatic carbocycles. The molecule has 5 atom stereocenters. The molecule has 26 heavy (non-hydrogen) atoms. The zero-order chi connectivity index (χ0) is 20.4. The summed E-state index contributed by atoms with van der Waals surface area (Å²) in [6.07, 6.45) is 1.04. The van der Waals surface area contributed by atoms with E-state index < -0.39 is 54.0 Å². The molecule has 150 valence electrons. The van der Waals surface area contributed by atoms with Crippen LogP contribution < -0.4 is 21.7 Å². The van der Waals surface area contributed by atoms with Gasteiger partial charge < -0.3 is 31.9 Å². The van der Waals surface area contributed by atoms with Crippen molar-refractivity contribution in [3.63, 3.8) is 0 Å². The van der Waals surface area contributed by atoms with Gasteiger partial charge in [-0.15, -0.1) is 0 Å². The van der Waals surface area contributed by atoms with Crippen molar-refractivity contribution in [3.05, 3.63) is 0 Å². The summed E-state index contributed by atoms with van der Waals surface area (Å²) in [5.74, 6) is -2.58. The minimum atomic E-state index is -1.19. The summed E-state index contributed by atoms with van der Waals surface area (Å²) < 4.78 is 0. The third-order valence-corrected chi connectivity index (χ3v) is 4.19. The first-order chi connectivity index (χ1) is 12.0. The number of carboxylic acids is 1. The molecule has 0 bridgehead atoms. The van der Waals surface area contributed by atoms with E-state index in [0.29, 0.717) is 12.2 Å². The van der Waals surface area contributed by atoms with Gasteiger partial charge in [0.15, 0.2) is 0 Å². The molecule has 0 aromatic heterocycles. The smallest absolute Gasteiger partial charge is 0.325 e. The Balaban J connectivity index is 4.87. The third kappa shape index (κ3) is 8.50. The van der Waals surface area contributed by atoms with Crippen LogP contribution in [0.3, 0.4) is 0 Å². The van der Waals surface area contributed by atoms with Gasteiger partial charge in [0, 0.05) is 0 Å². The molecule has 0 fully saturated rings. The largest absolute Gasteiger partial charge is 0.480 e. The van der Waals surface area contributed by atoms with E-state index in [2.05, 4.69) is 16.0 Å². The molecule has 0 aliphatic carbocycles. The van der Waals surface area contributed by atoms with Gasteiger partial charge in [0.1, 0.15) is 24.2 Å². The zero-order valence-corrected chi connectivity index (χ0v) is 16.1. The number of thioether (sulfide) groups is 1. The fraction of sp³-hybridized carbons (Fsp3) is 0.733. The number of amides is 3. The number of carboxylic acid groups (broad SMARTS) is 1. The molecule has 10 nitrogen and oxygen atoms in total. The maximum atomic E-state index is 12.2. The van der Waals surface area contributed by atoms with E-state index in [4.69, 9.17) is 10.8 Å². The van der Waals surface area contributed by atoms with E-state index in [1.54, 1.807) is 0 Å². The number of aliphatic carboxylic acids is 1. The first-order valence-corrected chi connectivity index (χ1v) is 9.47. The molecule has 0 spiro atoms. The maximum Gasteiger partial charge on any atom is 0.325 e. The van der Waals surface area contributed by atoms with Gasteiger partial charge >= 0.3 is 5.97 Å². The highest BCUT2D eigenvalue weighted by molar-refractivity contribution is 7.98. The van der Waals surface area contributed by atoms with Gasteiger partial charge in [0.2, 0.25) is 17.7 Å². The Bertz CT molecular complexity index is 516. The van der Waals surface area contributed by atoms with Crippen LogP contribution in [0.1, 0.15) is 27.2 Å². The average Bonchev–Trinajstić information content (AvgIpc) is 2.56. The zero-order valence-electron chi connectivity index (χ0n) is 15.3. The van der Waals surface area contributed by atoms with Crippen molar-refractivity contribution in [2.45, 2.75) is 57.5 Å². The summed E-state index contributed by atoms with van der Waals surface area (Å²) in [5.41, 5.74) is 5.49. The second kappa shape index (κ2) is 11.7. The lowest BCUT2D eigenvalue weighted by molar-refractivity contribution is -0.141. The highest BCUT2D eigenvalue weighted by atomic mass is 32.2. The molecule has 0 heterocycles. The molecule has 0 saturated carbocycles. The highest BCUT2D eigenvalue weighted by Crippen LogP contribution is 2.03. The van der Waals surface area contributed by atoms with Crippen LogP contribution in [-0.4, -0.2) is 76.2 Å². The van der Waals surface area contributed by atoms with E-state index in [-0.39, 0.29) is 0 Å². The quantitative estimate of drug-likeness (QED) is 0.235. The monoisotopic (exact) mass is 392 g/mol. The molecule has 0 aliphatic heterocycles. The molecule has 0 rings (SSSR count). The van der Waals surface area contributed by atoms with Crippen molar-refractivity contribution in [2.75, 3.05) is 12.0 Å². The van der Waals surface area contributed by atoms with Crippen molar-refractivity contribution in [2.24, 2.45) is 5.73 Å². The Labute approximate surface area is 156 Å². The summed E-state index contributed by atoms with van der Waals surface area (Å²) in [4.78, 5) is 47.1. The van der Waals surface area contributed by atoms with Crippen molar-refractivity contribution in [3.8, 4) is 0 Å². The van der Waals surface area contributed by atoms with Crippen LogP contribution in [-0.2, 0) is 19.2 Å². The van der Waals surface area contributed by atoms with Crippen LogP contribution >= 0.6 is 11.8 Å². The average molecular weight is 392 g/mol. The Morgan fingerprint density at radius 2 is 1.50 bits per heavy atom. The molecular weight excluding hydrogens is 364 g/mol. The molecule has 0 aromatic rings. The van der Waals surface area contributed by atoms with Crippen LogP contribution in [0, 0.1) is 0 Å². The van der Waals surface area contributed by atoms with Crippen LogP contribution in [0.25, 0.3) is 0 Å². The maximum absolute atomic E-state index is 12.2. The van der Waals surface area contributed by atoms with Gasteiger partial charge in [-0.3, -0.25) is 19.2 Å². The Morgan fingerprint density at radius 3 is 1.96 bits per heavy atom. The molecule has 0 aliphatic rings. The molecular formula is C15H28N4O6S. The van der Waals surface area contributed by atoms with Gasteiger partial charge in [-0.25, -0.2) is 0 Å². The molecule has 7 N–H and O–H groups in total. The Kier molecular flexibility index (Phi) is 10.9. The molecule has 0 radical (unpaired) electrons. The number of aliphatic hydroxyl groups excluding tert-OH is 1. The van der Waals surface area contributed by atoms with Crippen molar-refractivity contribution >= 4 is 35.5 Å². The van der Waals surface area contributed by atoms with Crippen LogP contribution in [0.4, 0.5) is 0 Å². The number of carbonyl (C=O) groups excluding carboxylic acids is 3. The van der Waals surface area contributed by atoms with Gasteiger partial charge in [0.05, 0.1) is 6.10 Å². The SMILES string of the molecule is CSCCC(NC(=O)C(C)NC(=O)C(N)C(C)O)C(=O)NC(C)C(=O)O. The van der Waals surface area contributed by atoms with Gasteiger partial charge in [-0.2, -0.15) is 11.8 Å². The highest BCUT2D eigenvalue weighted by Gasteiger charge is 2.27. The van der Waals surface area contributed by atoms with Crippen LogP contribution in [0.5, 0.6) is 0 Å². The Morgan fingerprint density at radius 1 is 0.962 bits per heavy atom. The van der Waals surface area contributed by atoms with E-state index >= 15 is 0 Å².